The van der Waals surface area contributed by atoms with Crippen molar-refractivity contribution in [3.63, 3.8) is 0 Å². The molecule has 0 saturated carbocycles. The van der Waals surface area contributed by atoms with Crippen LogP contribution < -0.4 is 9.64 Å². The molecule has 1 amide bonds. The van der Waals surface area contributed by atoms with Gasteiger partial charge in [-0.2, -0.15) is 4.98 Å². The number of aromatic nitrogens is 3. The summed E-state index contributed by atoms with van der Waals surface area (Å²) in [7, 11) is 0. The Hall–Kier alpha value is -2.64. The Labute approximate surface area is 197 Å². The third kappa shape index (κ3) is 4.45. The van der Waals surface area contributed by atoms with E-state index in [4.69, 9.17) is 16.3 Å². The van der Waals surface area contributed by atoms with Crippen LogP contribution in [0.5, 0.6) is 5.88 Å². The van der Waals surface area contributed by atoms with Gasteiger partial charge in [0.2, 0.25) is 23.2 Å². The minimum absolute atomic E-state index is 0.0878. The van der Waals surface area contributed by atoms with Crippen molar-refractivity contribution in [2.24, 2.45) is 5.92 Å². The summed E-state index contributed by atoms with van der Waals surface area (Å²) in [6.07, 6.45) is -0.471. The van der Waals surface area contributed by atoms with E-state index < -0.39 is 6.23 Å². The van der Waals surface area contributed by atoms with Crippen molar-refractivity contribution in [3.05, 3.63) is 58.6 Å². The summed E-state index contributed by atoms with van der Waals surface area (Å²) in [5, 5.41) is 9.87. The maximum absolute atomic E-state index is 13.2. The van der Waals surface area contributed by atoms with Crippen LogP contribution in [0.1, 0.15) is 44.5 Å². The van der Waals surface area contributed by atoms with Crippen molar-refractivity contribution in [3.8, 4) is 17.1 Å². The zero-order chi connectivity index (χ0) is 22.8. The third-order valence-electron chi connectivity index (χ3n) is 5.05. The Balaban J connectivity index is 1.93. The highest BCUT2D eigenvalue weighted by Crippen LogP contribution is 2.45. The second kappa shape index (κ2) is 9.46. The smallest absolute Gasteiger partial charge is 0.247 e. The van der Waals surface area contributed by atoms with E-state index in [-0.39, 0.29) is 5.91 Å². The Morgan fingerprint density at radius 3 is 2.72 bits per heavy atom. The Bertz CT molecular complexity index is 1150. The van der Waals surface area contributed by atoms with E-state index in [0.717, 1.165) is 16.9 Å². The van der Waals surface area contributed by atoms with Gasteiger partial charge < -0.3 is 4.74 Å². The lowest BCUT2D eigenvalue weighted by atomic mass is 10.0. The van der Waals surface area contributed by atoms with E-state index in [1.807, 2.05) is 50.2 Å². The summed E-state index contributed by atoms with van der Waals surface area (Å²) in [5.41, 5.74) is 3.70. The standard InChI is InChI=1S/C24H25ClN4O2S/c1-5-20(30)29-19-11-10-15(4)12-17(19)21-22(26-24(28-27-21)32-13-14(2)3)31-23(29)16-8-6-7-9-18(16)25/h6-12,14,23H,5,13H2,1-4H3. The van der Waals surface area contributed by atoms with Crippen LogP contribution >= 0.6 is 23.4 Å². The zero-order valence-corrected chi connectivity index (χ0v) is 20.1. The molecule has 32 heavy (non-hydrogen) atoms. The molecule has 0 N–H and O–H groups in total. The lowest BCUT2D eigenvalue weighted by Crippen LogP contribution is -2.37. The topological polar surface area (TPSA) is 68.2 Å². The predicted molar refractivity (Wildman–Crippen MR) is 128 cm³/mol. The molecule has 2 aromatic carbocycles. The Morgan fingerprint density at radius 2 is 2.00 bits per heavy atom. The number of benzene rings is 2. The molecule has 1 aliphatic rings. The number of fused-ring (bicyclic) bond motifs is 3. The molecule has 1 aliphatic heterocycles. The predicted octanol–water partition coefficient (Wildman–Crippen LogP) is 6.08. The van der Waals surface area contributed by atoms with E-state index in [1.54, 1.807) is 11.0 Å². The van der Waals surface area contributed by atoms with Crippen LogP contribution in [-0.2, 0) is 4.79 Å². The average molecular weight is 469 g/mol. The van der Waals surface area contributed by atoms with Gasteiger partial charge in [0, 0.05) is 28.3 Å². The van der Waals surface area contributed by atoms with Gasteiger partial charge in [0.1, 0.15) is 0 Å². The highest BCUT2D eigenvalue weighted by molar-refractivity contribution is 7.99. The number of hydrogen-bond acceptors (Lipinski definition) is 6. The van der Waals surface area contributed by atoms with E-state index in [2.05, 4.69) is 29.0 Å². The Kier molecular flexibility index (Phi) is 6.67. The van der Waals surface area contributed by atoms with Crippen molar-refractivity contribution in [1.29, 1.82) is 0 Å². The fraction of sp³-hybridized carbons (Fsp3) is 0.333. The molecular weight excluding hydrogens is 444 g/mol. The quantitative estimate of drug-likeness (QED) is 0.422. The molecule has 1 unspecified atom stereocenters. The molecule has 166 valence electrons. The van der Waals surface area contributed by atoms with Gasteiger partial charge in [0.05, 0.1) is 5.69 Å². The molecule has 0 aliphatic carbocycles. The molecule has 1 aromatic heterocycles. The molecule has 4 rings (SSSR count). The Morgan fingerprint density at radius 1 is 1.22 bits per heavy atom. The minimum Gasteiger partial charge on any atom is -0.447 e. The molecule has 0 bridgehead atoms. The first-order valence-electron chi connectivity index (χ1n) is 10.6. The summed E-state index contributed by atoms with van der Waals surface area (Å²) in [4.78, 5) is 19.5. The van der Waals surface area contributed by atoms with Gasteiger partial charge in [-0.3, -0.25) is 9.69 Å². The van der Waals surface area contributed by atoms with Gasteiger partial charge in [0.25, 0.3) is 0 Å². The lowest BCUT2D eigenvalue weighted by molar-refractivity contribution is -0.120. The van der Waals surface area contributed by atoms with Crippen molar-refractivity contribution in [2.45, 2.75) is 45.5 Å². The summed E-state index contributed by atoms with van der Waals surface area (Å²) in [6.45, 7) is 8.11. The summed E-state index contributed by atoms with van der Waals surface area (Å²) < 4.78 is 6.42. The van der Waals surface area contributed by atoms with Crippen LogP contribution in [0.4, 0.5) is 5.69 Å². The fourth-order valence-corrected chi connectivity index (χ4v) is 4.46. The number of halogens is 1. The third-order valence-corrected chi connectivity index (χ3v) is 6.66. The van der Waals surface area contributed by atoms with Crippen molar-refractivity contribution in [2.75, 3.05) is 10.7 Å². The lowest BCUT2D eigenvalue weighted by Gasteiger charge is -2.31. The van der Waals surface area contributed by atoms with Crippen LogP contribution in [0.2, 0.25) is 5.02 Å². The maximum Gasteiger partial charge on any atom is 0.247 e. The number of anilines is 1. The van der Waals surface area contributed by atoms with E-state index in [1.165, 1.54) is 11.8 Å². The van der Waals surface area contributed by atoms with E-state index in [0.29, 0.717) is 45.3 Å². The highest BCUT2D eigenvalue weighted by atomic mass is 35.5. The van der Waals surface area contributed by atoms with Crippen LogP contribution in [0.15, 0.2) is 47.6 Å². The van der Waals surface area contributed by atoms with E-state index >= 15 is 0 Å². The molecular formula is C24H25ClN4O2S. The molecule has 0 radical (unpaired) electrons. The van der Waals surface area contributed by atoms with Crippen LogP contribution in [0, 0.1) is 12.8 Å². The number of thioether (sulfide) groups is 1. The summed E-state index contributed by atoms with van der Waals surface area (Å²) >= 11 is 8.08. The van der Waals surface area contributed by atoms with Gasteiger partial charge in [-0.25, -0.2) is 0 Å². The largest absolute Gasteiger partial charge is 0.447 e. The van der Waals surface area contributed by atoms with Crippen LogP contribution in [0.25, 0.3) is 11.3 Å². The highest BCUT2D eigenvalue weighted by Gasteiger charge is 2.36. The first-order chi connectivity index (χ1) is 15.4. The number of carbonyl (C=O) groups is 1. The number of carbonyl (C=O) groups excluding carboxylic acids is 1. The average Bonchev–Trinajstić information content (AvgIpc) is 2.91. The molecule has 3 aromatic rings. The number of hydrogen-bond donors (Lipinski definition) is 0. The van der Waals surface area contributed by atoms with Gasteiger partial charge in [0.15, 0.2) is 5.69 Å². The molecule has 1 atom stereocenters. The molecule has 2 heterocycles. The van der Waals surface area contributed by atoms with Gasteiger partial charge in [-0.15, -0.1) is 10.2 Å². The first-order valence-corrected chi connectivity index (χ1v) is 12.0. The SMILES string of the molecule is CCC(=O)N1c2ccc(C)cc2-c2nnc(SCC(C)C)nc2OC1c1ccccc1Cl. The second-order valence-corrected chi connectivity index (χ2v) is 9.48. The summed E-state index contributed by atoms with van der Waals surface area (Å²) in [5.74, 6) is 1.61. The fourth-order valence-electron chi connectivity index (χ4n) is 3.50. The van der Waals surface area contributed by atoms with Crippen molar-refractivity contribution < 1.29 is 9.53 Å². The molecule has 0 spiro atoms. The van der Waals surface area contributed by atoms with Gasteiger partial charge >= 0.3 is 0 Å². The number of nitrogens with zero attached hydrogens (tertiary/aromatic N) is 4. The van der Waals surface area contributed by atoms with Gasteiger partial charge in [-0.05, 0) is 31.0 Å². The van der Waals surface area contributed by atoms with Gasteiger partial charge in [-0.1, -0.05) is 74.0 Å². The first kappa shape index (κ1) is 22.6. The van der Waals surface area contributed by atoms with Crippen LogP contribution in [-0.4, -0.2) is 26.8 Å². The number of amides is 1. The zero-order valence-electron chi connectivity index (χ0n) is 18.5. The van der Waals surface area contributed by atoms with Crippen LogP contribution in [0.3, 0.4) is 0 Å². The number of rotatable bonds is 5. The molecule has 6 nitrogen and oxygen atoms in total. The molecule has 0 fully saturated rings. The van der Waals surface area contributed by atoms with E-state index in [9.17, 15) is 4.79 Å². The number of aryl methyl sites for hydroxylation is 1. The summed E-state index contributed by atoms with van der Waals surface area (Å²) in [6, 6.07) is 13.3. The van der Waals surface area contributed by atoms with Crippen molar-refractivity contribution >= 4 is 35.0 Å². The minimum atomic E-state index is -0.779. The maximum atomic E-state index is 13.2. The molecule has 8 heteroatoms. The number of ether oxygens (including phenoxy) is 1. The normalized spacial score (nSPS) is 15.1. The monoisotopic (exact) mass is 468 g/mol. The molecule has 0 saturated heterocycles. The second-order valence-electron chi connectivity index (χ2n) is 8.08. The van der Waals surface area contributed by atoms with Crippen molar-refractivity contribution in [1.82, 2.24) is 15.2 Å².